The summed E-state index contributed by atoms with van der Waals surface area (Å²) < 4.78 is 18.0. The van der Waals surface area contributed by atoms with E-state index in [9.17, 15) is 0 Å². The van der Waals surface area contributed by atoms with Crippen molar-refractivity contribution >= 4 is 119 Å². The SMILES string of the molecule is O=P(c1ccccc1)(c1ccccc1)c1ccc2nc3c4ccc5ccccc5c4c4ccc(-c5ccc6cc(P(=[Se])(c7ccccc7)c7ccccc7)ccc6c5)cc4n3c2c1. The molecule has 0 N–H and O–H groups in total. The number of hydrogen-bond donors (Lipinski definition) is 0. The minimum absolute atomic E-state index is 0.779. The van der Waals surface area contributed by atoms with Gasteiger partial charge in [0.1, 0.15) is 0 Å². The van der Waals surface area contributed by atoms with E-state index in [2.05, 4.69) is 183 Å². The molecule has 12 aromatic rings. The molecule has 2 aromatic heterocycles. The fourth-order valence-electron chi connectivity index (χ4n) is 9.59. The van der Waals surface area contributed by atoms with Gasteiger partial charge in [0.15, 0.2) is 7.14 Å². The topological polar surface area (TPSA) is 34.4 Å². The summed E-state index contributed by atoms with van der Waals surface area (Å²) in [6.07, 6.45) is 0. The molecule has 63 heavy (non-hydrogen) atoms. The van der Waals surface area contributed by atoms with Crippen LogP contribution in [0.1, 0.15) is 0 Å². The molecule has 0 amide bonds. The summed E-state index contributed by atoms with van der Waals surface area (Å²) in [5.74, 6) is 0. The van der Waals surface area contributed by atoms with Gasteiger partial charge in [0.05, 0.1) is 5.52 Å². The molecule has 298 valence electrons. The molecule has 0 aliphatic carbocycles. The van der Waals surface area contributed by atoms with Gasteiger partial charge >= 0.3 is 206 Å². The molecule has 0 saturated carbocycles. The molecule has 6 heteroatoms. The third-order valence-corrected chi connectivity index (χ3v) is 22.8. The van der Waals surface area contributed by atoms with Crippen molar-refractivity contribution in [3.63, 3.8) is 0 Å². The van der Waals surface area contributed by atoms with Gasteiger partial charge in [-0.25, -0.2) is 4.98 Å². The van der Waals surface area contributed by atoms with Crippen molar-refractivity contribution < 1.29 is 4.57 Å². The number of fused-ring (bicyclic) bond motifs is 11. The van der Waals surface area contributed by atoms with Gasteiger partial charge in [0.2, 0.25) is 0 Å². The Labute approximate surface area is 372 Å². The number of benzene rings is 10. The van der Waals surface area contributed by atoms with Gasteiger partial charge in [-0.2, -0.15) is 0 Å². The van der Waals surface area contributed by atoms with Gasteiger partial charge in [-0.05, 0) is 35.0 Å². The molecule has 0 saturated heterocycles. The Hall–Kier alpha value is -6.63. The average Bonchev–Trinajstić information content (AvgIpc) is 3.76. The Bertz CT molecular complexity index is 3770. The third kappa shape index (κ3) is 6.06. The maximum atomic E-state index is 15.7. The smallest absolute Gasteiger partial charge is 0.0244 e. The Morgan fingerprint density at radius 2 is 0.905 bits per heavy atom. The zero-order valence-electron chi connectivity index (χ0n) is 34.0. The van der Waals surface area contributed by atoms with Gasteiger partial charge in [-0.3, -0.25) is 0 Å². The number of nitrogens with zero attached hydrogens (tertiary/aromatic N) is 2. The van der Waals surface area contributed by atoms with Crippen molar-refractivity contribution in [2.75, 3.05) is 0 Å². The van der Waals surface area contributed by atoms with Gasteiger partial charge in [0, 0.05) is 21.3 Å². The number of pyridine rings is 1. The predicted molar refractivity (Wildman–Crippen MR) is 272 cm³/mol. The minimum Gasteiger partial charge on any atom is -0.0244 e. The van der Waals surface area contributed by atoms with E-state index in [0.29, 0.717) is 0 Å². The van der Waals surface area contributed by atoms with Crippen molar-refractivity contribution in [1.82, 2.24) is 9.38 Å². The van der Waals surface area contributed by atoms with Crippen molar-refractivity contribution in [1.29, 1.82) is 0 Å². The summed E-state index contributed by atoms with van der Waals surface area (Å²) in [4.78, 5) is 5.36. The van der Waals surface area contributed by atoms with E-state index in [1.807, 2.05) is 66.7 Å². The fourth-order valence-corrected chi connectivity index (χ4v) is 17.2. The van der Waals surface area contributed by atoms with Crippen LogP contribution in [0, 0.1) is 0 Å². The van der Waals surface area contributed by atoms with E-state index < -0.39 is 12.7 Å². The van der Waals surface area contributed by atoms with E-state index >= 15 is 4.57 Å². The molecule has 0 unspecified atom stereocenters. The summed E-state index contributed by atoms with van der Waals surface area (Å²) in [6.45, 7) is 0. The van der Waals surface area contributed by atoms with Crippen LogP contribution in [-0.4, -0.2) is 24.5 Å². The summed E-state index contributed by atoms with van der Waals surface area (Å²) in [5.41, 5.74) is 3.98. The van der Waals surface area contributed by atoms with Crippen molar-refractivity contribution in [2.24, 2.45) is 0 Å². The molecular weight excluding hydrogens is 870 g/mol. The van der Waals surface area contributed by atoms with E-state index in [-0.39, 0.29) is 0 Å². The number of aromatic nitrogens is 2. The summed E-state index contributed by atoms with van der Waals surface area (Å²) in [7, 11) is -3.25. The van der Waals surface area contributed by atoms with Crippen LogP contribution in [-0.2, 0) is 4.57 Å². The summed E-state index contributed by atoms with van der Waals surface area (Å²) in [5, 5.41) is 14.5. The van der Waals surface area contributed by atoms with Crippen molar-refractivity contribution in [3.05, 3.63) is 231 Å². The normalized spacial score (nSPS) is 12.3. The van der Waals surface area contributed by atoms with Crippen LogP contribution >= 0.6 is 12.7 Å². The second-order valence-electron chi connectivity index (χ2n) is 16.2. The van der Waals surface area contributed by atoms with E-state index in [4.69, 9.17) is 4.98 Å². The molecule has 0 spiro atoms. The van der Waals surface area contributed by atoms with Crippen molar-refractivity contribution in [3.8, 4) is 11.1 Å². The first-order chi connectivity index (χ1) is 31.0. The standard InChI is InChI=1S/C57H38N2OP2Se/c60-61(44-16-5-1-6-17-44,45-18-7-2-8-19-45)48-31-34-53-55(38-48)59-54-37-43(29-32-51(54)56-50-24-14-13-15-39(50)28-33-52(56)57(59)58-53)40-25-26-42-36-49(30-27-41(42)35-40)62(63,46-20-9-3-10-21-46)47-22-11-4-12-23-47/h1-38H. The Morgan fingerprint density at radius 3 is 1.59 bits per heavy atom. The second-order valence-corrected chi connectivity index (χ2v) is 25.2. The van der Waals surface area contributed by atoms with Crippen LogP contribution < -0.4 is 31.8 Å². The first-order valence-electron chi connectivity index (χ1n) is 21.2. The Morgan fingerprint density at radius 1 is 0.381 bits per heavy atom. The maximum absolute atomic E-state index is 15.7. The molecule has 0 aliphatic heterocycles. The van der Waals surface area contributed by atoms with Crippen LogP contribution in [0.4, 0.5) is 0 Å². The molecule has 3 nitrogen and oxygen atoms in total. The van der Waals surface area contributed by atoms with Crippen LogP contribution in [0.15, 0.2) is 231 Å². The first-order valence-corrected chi connectivity index (χ1v) is 26.9. The summed E-state index contributed by atoms with van der Waals surface area (Å²) >= 11 is 3.72. The molecule has 12 rings (SSSR count). The molecule has 0 bridgehead atoms. The molecule has 0 atom stereocenters. The van der Waals surface area contributed by atoms with Gasteiger partial charge < -0.3 is 4.57 Å². The van der Waals surface area contributed by atoms with Gasteiger partial charge in [-0.15, -0.1) is 0 Å². The van der Waals surface area contributed by atoms with Crippen LogP contribution in [0.3, 0.4) is 0 Å². The molecule has 0 fully saturated rings. The molecule has 0 aliphatic rings. The number of hydrogen-bond acceptors (Lipinski definition) is 2. The zero-order chi connectivity index (χ0) is 42.1. The zero-order valence-corrected chi connectivity index (χ0v) is 37.5. The molecule has 0 radical (unpaired) electrons. The van der Waals surface area contributed by atoms with Crippen LogP contribution in [0.5, 0.6) is 0 Å². The van der Waals surface area contributed by atoms with E-state index in [0.717, 1.165) is 60.0 Å². The number of imidazole rings is 1. The first kappa shape index (κ1) is 38.1. The van der Waals surface area contributed by atoms with Crippen LogP contribution in [0.2, 0.25) is 0 Å². The number of rotatable bonds is 7. The predicted octanol–water partition coefficient (Wildman–Crippen LogP) is 11.8. The van der Waals surface area contributed by atoms with Gasteiger partial charge in [-0.1, -0.05) is 91.0 Å². The summed E-state index contributed by atoms with van der Waals surface area (Å²) in [6, 6.07) is 81.5. The van der Waals surface area contributed by atoms with Crippen LogP contribution in [0.25, 0.3) is 71.0 Å². The van der Waals surface area contributed by atoms with Crippen molar-refractivity contribution in [2.45, 2.75) is 0 Å². The fraction of sp³-hybridized carbons (Fsp3) is 0. The Kier molecular flexibility index (Phi) is 9.08. The molecule has 2 heterocycles. The molecular formula is C57H38N2OP2Se. The van der Waals surface area contributed by atoms with E-state index in [1.165, 1.54) is 42.8 Å². The monoisotopic (exact) mass is 908 g/mol. The third-order valence-electron chi connectivity index (χ3n) is 12.7. The Balaban J connectivity index is 1.07. The van der Waals surface area contributed by atoms with Gasteiger partial charge in [0.25, 0.3) is 0 Å². The van der Waals surface area contributed by atoms with E-state index in [1.54, 1.807) is 0 Å². The average molecular weight is 908 g/mol. The second kappa shape index (κ2) is 15.0. The molecule has 10 aromatic carbocycles. The quantitative estimate of drug-likeness (QED) is 0.0907. The minimum atomic E-state index is -3.25.